The highest BCUT2D eigenvalue weighted by Gasteiger charge is 2.23. The number of hydrogen-bond acceptors (Lipinski definition) is 5. The van der Waals surface area contributed by atoms with E-state index in [2.05, 4.69) is 12.2 Å². The normalized spacial score (nSPS) is 20.2. The molecule has 1 aliphatic carbocycles. The molecule has 25 heavy (non-hydrogen) atoms. The largest absolute Gasteiger partial charge is 0.450 e. The lowest BCUT2D eigenvalue weighted by molar-refractivity contribution is -0.125. The van der Waals surface area contributed by atoms with Crippen molar-refractivity contribution < 1.29 is 18.7 Å². The van der Waals surface area contributed by atoms with E-state index >= 15 is 0 Å². The second-order valence-electron chi connectivity index (χ2n) is 6.48. The van der Waals surface area contributed by atoms with Crippen molar-refractivity contribution >= 4 is 22.8 Å². The molecule has 2 aromatic rings. The molecule has 0 bridgehead atoms. The van der Waals surface area contributed by atoms with Gasteiger partial charge in [-0.05, 0) is 30.9 Å². The van der Waals surface area contributed by atoms with E-state index in [9.17, 15) is 14.4 Å². The van der Waals surface area contributed by atoms with Gasteiger partial charge in [0, 0.05) is 12.1 Å². The van der Waals surface area contributed by atoms with E-state index in [0.29, 0.717) is 16.9 Å². The summed E-state index contributed by atoms with van der Waals surface area (Å²) in [6, 6.07) is 7.86. The molecule has 1 aliphatic rings. The zero-order chi connectivity index (χ0) is 17.8. The molecule has 1 aromatic heterocycles. The highest BCUT2D eigenvalue weighted by molar-refractivity contribution is 5.90. The predicted molar refractivity (Wildman–Crippen MR) is 92.3 cm³/mol. The zero-order valence-electron chi connectivity index (χ0n) is 14.1. The molecular weight excluding hydrogens is 322 g/mol. The van der Waals surface area contributed by atoms with E-state index in [-0.39, 0.29) is 23.1 Å². The molecule has 0 radical (unpaired) electrons. The summed E-state index contributed by atoms with van der Waals surface area (Å²) in [7, 11) is 0. The summed E-state index contributed by atoms with van der Waals surface area (Å²) in [6.07, 6.45) is 4.31. The van der Waals surface area contributed by atoms with E-state index < -0.39 is 12.6 Å². The van der Waals surface area contributed by atoms with Gasteiger partial charge in [0.15, 0.2) is 12.0 Å². The van der Waals surface area contributed by atoms with Crippen LogP contribution in [0, 0.1) is 5.92 Å². The first-order valence-electron chi connectivity index (χ1n) is 8.54. The first-order chi connectivity index (χ1) is 12.0. The summed E-state index contributed by atoms with van der Waals surface area (Å²) in [5, 5.41) is 3.30. The average Bonchev–Trinajstić information content (AvgIpc) is 2.61. The minimum atomic E-state index is -0.824. The molecule has 1 aromatic carbocycles. The lowest BCUT2D eigenvalue weighted by Crippen LogP contribution is -2.42. The molecule has 132 valence electrons. The first kappa shape index (κ1) is 17.2. The van der Waals surface area contributed by atoms with Crippen LogP contribution in [0.3, 0.4) is 0 Å². The standard InChI is InChI=1S/C19H21NO5/c1-12-6-2-4-8-14(12)20-18(22)11-24-19(23)17-10-15(21)13-7-3-5-9-16(13)25-17/h3,5,7,9-10,12,14H,2,4,6,8,11H2,1H3,(H,20,22)/t12-,14-/m0/s1. The topological polar surface area (TPSA) is 85.6 Å². The van der Waals surface area contributed by atoms with E-state index in [1.54, 1.807) is 24.3 Å². The van der Waals surface area contributed by atoms with E-state index in [0.717, 1.165) is 25.3 Å². The van der Waals surface area contributed by atoms with Gasteiger partial charge >= 0.3 is 5.97 Å². The number of benzene rings is 1. The number of ether oxygens (including phenoxy) is 1. The zero-order valence-corrected chi connectivity index (χ0v) is 14.1. The van der Waals surface area contributed by atoms with Crippen LogP contribution in [-0.2, 0) is 9.53 Å². The highest BCUT2D eigenvalue weighted by atomic mass is 16.5. The summed E-state index contributed by atoms with van der Waals surface area (Å²) in [6.45, 7) is 1.72. The summed E-state index contributed by atoms with van der Waals surface area (Å²) in [4.78, 5) is 36.1. The number of rotatable bonds is 4. The Balaban J connectivity index is 1.60. The highest BCUT2D eigenvalue weighted by Crippen LogP contribution is 2.23. The third-order valence-corrected chi connectivity index (χ3v) is 4.63. The molecule has 6 heteroatoms. The third kappa shape index (κ3) is 4.07. The Morgan fingerprint density at radius 2 is 2.00 bits per heavy atom. The van der Waals surface area contributed by atoms with Gasteiger partial charge < -0.3 is 14.5 Å². The quantitative estimate of drug-likeness (QED) is 0.863. The van der Waals surface area contributed by atoms with Gasteiger partial charge in [-0.1, -0.05) is 31.9 Å². The van der Waals surface area contributed by atoms with Crippen molar-refractivity contribution in [3.05, 3.63) is 46.3 Å². The number of nitrogens with one attached hydrogen (secondary N) is 1. The molecule has 0 aliphatic heterocycles. The number of hydrogen-bond donors (Lipinski definition) is 1. The fourth-order valence-corrected chi connectivity index (χ4v) is 3.19. The molecule has 3 rings (SSSR count). The molecule has 0 unspecified atom stereocenters. The summed E-state index contributed by atoms with van der Waals surface area (Å²) in [5.41, 5.74) is -0.0169. The second kappa shape index (κ2) is 7.51. The Kier molecular flexibility index (Phi) is 5.16. The van der Waals surface area contributed by atoms with Gasteiger partial charge in [0.2, 0.25) is 5.76 Å². The van der Waals surface area contributed by atoms with Gasteiger partial charge in [-0.15, -0.1) is 0 Å². The molecular formula is C19H21NO5. The van der Waals surface area contributed by atoms with E-state index in [1.807, 2.05) is 0 Å². The number of esters is 1. The number of carbonyl (C=O) groups is 2. The molecule has 1 heterocycles. The Morgan fingerprint density at radius 3 is 2.80 bits per heavy atom. The monoisotopic (exact) mass is 343 g/mol. The van der Waals surface area contributed by atoms with Crippen molar-refractivity contribution in [1.29, 1.82) is 0 Å². The van der Waals surface area contributed by atoms with Crippen molar-refractivity contribution in [2.24, 2.45) is 5.92 Å². The molecule has 1 amide bonds. The predicted octanol–water partition coefficient (Wildman–Crippen LogP) is 2.64. The van der Waals surface area contributed by atoms with Crippen molar-refractivity contribution in [3.63, 3.8) is 0 Å². The van der Waals surface area contributed by atoms with Gasteiger partial charge in [-0.3, -0.25) is 9.59 Å². The Bertz CT molecular complexity index is 841. The first-order valence-corrected chi connectivity index (χ1v) is 8.54. The maximum absolute atomic E-state index is 12.1. The second-order valence-corrected chi connectivity index (χ2v) is 6.48. The molecule has 1 fully saturated rings. The number of amides is 1. The number of para-hydroxylation sites is 1. The van der Waals surface area contributed by atoms with Crippen LogP contribution in [0.15, 0.2) is 39.5 Å². The maximum Gasteiger partial charge on any atom is 0.374 e. The van der Waals surface area contributed by atoms with Gasteiger partial charge in [-0.2, -0.15) is 0 Å². The van der Waals surface area contributed by atoms with Crippen LogP contribution in [0.4, 0.5) is 0 Å². The number of fused-ring (bicyclic) bond motifs is 1. The van der Waals surface area contributed by atoms with Crippen LogP contribution < -0.4 is 10.7 Å². The fourth-order valence-electron chi connectivity index (χ4n) is 3.19. The summed E-state index contributed by atoms with van der Waals surface area (Å²) in [5.74, 6) is -0.945. The summed E-state index contributed by atoms with van der Waals surface area (Å²) < 4.78 is 10.4. The Hall–Kier alpha value is -2.63. The van der Waals surface area contributed by atoms with Crippen LogP contribution in [0.1, 0.15) is 43.2 Å². The maximum atomic E-state index is 12.1. The Morgan fingerprint density at radius 1 is 1.24 bits per heavy atom. The van der Waals surface area contributed by atoms with E-state index in [4.69, 9.17) is 9.15 Å². The number of carbonyl (C=O) groups excluding carboxylic acids is 2. The van der Waals surface area contributed by atoms with E-state index in [1.165, 1.54) is 6.42 Å². The van der Waals surface area contributed by atoms with Crippen LogP contribution in [0.25, 0.3) is 11.0 Å². The van der Waals surface area contributed by atoms with Crippen molar-refractivity contribution in [2.45, 2.75) is 38.6 Å². The molecule has 1 saturated carbocycles. The molecule has 6 nitrogen and oxygen atoms in total. The van der Waals surface area contributed by atoms with Crippen molar-refractivity contribution in [2.75, 3.05) is 6.61 Å². The van der Waals surface area contributed by atoms with Crippen LogP contribution >= 0.6 is 0 Å². The van der Waals surface area contributed by atoms with Gasteiger partial charge in [-0.25, -0.2) is 4.79 Å². The van der Waals surface area contributed by atoms with Crippen LogP contribution in [0.2, 0.25) is 0 Å². The van der Waals surface area contributed by atoms with Crippen LogP contribution in [0.5, 0.6) is 0 Å². The Labute approximate surface area is 145 Å². The van der Waals surface area contributed by atoms with Gasteiger partial charge in [0.1, 0.15) is 5.58 Å². The molecule has 0 spiro atoms. The third-order valence-electron chi connectivity index (χ3n) is 4.63. The fraction of sp³-hybridized carbons (Fsp3) is 0.421. The molecule has 0 saturated heterocycles. The lowest BCUT2D eigenvalue weighted by atomic mass is 9.86. The van der Waals surface area contributed by atoms with Crippen molar-refractivity contribution in [3.8, 4) is 0 Å². The van der Waals surface area contributed by atoms with Crippen molar-refractivity contribution in [1.82, 2.24) is 5.32 Å². The summed E-state index contributed by atoms with van der Waals surface area (Å²) >= 11 is 0. The minimum absolute atomic E-state index is 0.124. The SMILES string of the molecule is C[C@H]1CCCC[C@@H]1NC(=O)COC(=O)c1cc(=O)c2ccccc2o1. The lowest BCUT2D eigenvalue weighted by Gasteiger charge is -2.29. The van der Waals surface area contributed by atoms with Crippen LogP contribution in [-0.4, -0.2) is 24.5 Å². The molecule has 2 atom stereocenters. The van der Waals surface area contributed by atoms with Gasteiger partial charge in [0.05, 0.1) is 5.39 Å². The average molecular weight is 343 g/mol. The minimum Gasteiger partial charge on any atom is -0.450 e. The smallest absolute Gasteiger partial charge is 0.374 e. The van der Waals surface area contributed by atoms with Gasteiger partial charge in [0.25, 0.3) is 5.91 Å². The molecule has 1 N–H and O–H groups in total.